The molecule has 1 aromatic carbocycles. The molecule has 3 heterocycles. The fraction of sp³-hybridized carbons (Fsp3) is 0.435. The number of amides is 1. The van der Waals surface area contributed by atoms with Crippen LogP contribution in [0.25, 0.3) is 10.2 Å². The highest BCUT2D eigenvalue weighted by atomic mass is 32.1. The number of piperazine rings is 1. The van der Waals surface area contributed by atoms with Gasteiger partial charge in [-0.15, -0.1) is 11.3 Å². The number of nitrogens with one attached hydrogen (secondary N) is 1. The lowest BCUT2D eigenvalue weighted by atomic mass is 9.97. The molecule has 1 fully saturated rings. The molecule has 2 aliphatic rings. The Balaban J connectivity index is 1.23. The molecule has 30 heavy (non-hydrogen) atoms. The van der Waals surface area contributed by atoms with E-state index >= 15 is 0 Å². The van der Waals surface area contributed by atoms with Gasteiger partial charge in [-0.25, -0.2) is 4.98 Å². The molecule has 0 atom stereocenters. The maximum absolute atomic E-state index is 12.7. The van der Waals surface area contributed by atoms with Crippen molar-refractivity contribution >= 4 is 27.5 Å². The van der Waals surface area contributed by atoms with Gasteiger partial charge in [0.1, 0.15) is 10.7 Å². The number of thiophene rings is 1. The van der Waals surface area contributed by atoms with Crippen LogP contribution in [0.2, 0.25) is 0 Å². The number of rotatable bonds is 4. The molecule has 6 nitrogen and oxygen atoms in total. The maximum atomic E-state index is 12.7. The minimum atomic E-state index is 0.00562. The first-order valence-electron chi connectivity index (χ1n) is 10.7. The molecule has 1 amide bonds. The number of benzene rings is 1. The van der Waals surface area contributed by atoms with E-state index in [-0.39, 0.29) is 11.5 Å². The van der Waals surface area contributed by atoms with Gasteiger partial charge in [-0.05, 0) is 36.8 Å². The number of fused-ring (bicyclic) bond motifs is 3. The second-order valence-corrected chi connectivity index (χ2v) is 9.31. The smallest absolute Gasteiger partial charge is 0.259 e. The molecule has 156 valence electrons. The summed E-state index contributed by atoms with van der Waals surface area (Å²) in [7, 11) is 0. The van der Waals surface area contributed by atoms with Gasteiger partial charge in [0.15, 0.2) is 0 Å². The highest BCUT2D eigenvalue weighted by molar-refractivity contribution is 7.18. The van der Waals surface area contributed by atoms with Gasteiger partial charge in [-0.1, -0.05) is 30.3 Å². The van der Waals surface area contributed by atoms with E-state index in [1.165, 1.54) is 16.9 Å². The molecular weight excluding hydrogens is 396 g/mol. The van der Waals surface area contributed by atoms with E-state index in [0.29, 0.717) is 26.1 Å². The third-order valence-corrected chi connectivity index (χ3v) is 7.36. The normalized spacial score (nSPS) is 17.3. The Morgan fingerprint density at radius 1 is 1.07 bits per heavy atom. The summed E-state index contributed by atoms with van der Waals surface area (Å²) < 4.78 is 0. The van der Waals surface area contributed by atoms with Crippen molar-refractivity contribution in [3.63, 3.8) is 0 Å². The summed E-state index contributed by atoms with van der Waals surface area (Å²) >= 11 is 1.69. The van der Waals surface area contributed by atoms with E-state index in [9.17, 15) is 9.59 Å². The average Bonchev–Trinajstić information content (AvgIpc) is 3.14. The van der Waals surface area contributed by atoms with Crippen LogP contribution in [0.1, 0.15) is 34.7 Å². The van der Waals surface area contributed by atoms with Gasteiger partial charge in [0.05, 0.1) is 18.4 Å². The van der Waals surface area contributed by atoms with Crippen LogP contribution in [0, 0.1) is 0 Å². The summed E-state index contributed by atoms with van der Waals surface area (Å²) in [5.74, 6) is 0.910. The Morgan fingerprint density at radius 3 is 2.63 bits per heavy atom. The first-order chi connectivity index (χ1) is 14.7. The Labute approximate surface area is 179 Å². The molecule has 0 bridgehead atoms. The van der Waals surface area contributed by atoms with Crippen molar-refractivity contribution in [2.45, 2.75) is 38.6 Å². The topological polar surface area (TPSA) is 69.3 Å². The van der Waals surface area contributed by atoms with E-state index < -0.39 is 0 Å². The van der Waals surface area contributed by atoms with Crippen molar-refractivity contribution in [2.24, 2.45) is 0 Å². The van der Waals surface area contributed by atoms with Crippen molar-refractivity contribution in [1.29, 1.82) is 0 Å². The molecule has 0 saturated carbocycles. The first-order valence-corrected chi connectivity index (χ1v) is 11.6. The van der Waals surface area contributed by atoms with Gasteiger partial charge in [0.25, 0.3) is 5.56 Å². The molecule has 7 heteroatoms. The largest absolute Gasteiger partial charge is 0.340 e. The lowest BCUT2D eigenvalue weighted by Gasteiger charge is -2.34. The van der Waals surface area contributed by atoms with E-state index in [0.717, 1.165) is 54.0 Å². The first kappa shape index (κ1) is 19.5. The molecule has 1 aliphatic heterocycles. The van der Waals surface area contributed by atoms with Crippen molar-refractivity contribution in [2.75, 3.05) is 26.2 Å². The molecule has 0 radical (unpaired) electrons. The van der Waals surface area contributed by atoms with Crippen LogP contribution in [-0.4, -0.2) is 51.9 Å². The predicted molar refractivity (Wildman–Crippen MR) is 119 cm³/mol. The van der Waals surface area contributed by atoms with Crippen LogP contribution >= 0.6 is 11.3 Å². The molecule has 0 unspecified atom stereocenters. The third kappa shape index (κ3) is 3.91. The molecule has 5 rings (SSSR count). The summed E-state index contributed by atoms with van der Waals surface area (Å²) in [5, 5.41) is 0.815. The number of hydrogen-bond donors (Lipinski definition) is 1. The lowest BCUT2D eigenvalue weighted by Crippen LogP contribution is -2.49. The monoisotopic (exact) mass is 422 g/mol. The fourth-order valence-corrected chi connectivity index (χ4v) is 5.81. The van der Waals surface area contributed by atoms with Crippen LogP contribution in [0.4, 0.5) is 0 Å². The second kappa shape index (κ2) is 8.32. The zero-order chi connectivity index (χ0) is 20.5. The Morgan fingerprint density at radius 2 is 1.83 bits per heavy atom. The van der Waals surface area contributed by atoms with Crippen molar-refractivity contribution < 1.29 is 4.79 Å². The van der Waals surface area contributed by atoms with Gasteiger partial charge in [-0.3, -0.25) is 14.5 Å². The number of nitrogens with zero attached hydrogens (tertiary/aromatic N) is 3. The van der Waals surface area contributed by atoms with Gasteiger partial charge in [-0.2, -0.15) is 0 Å². The third-order valence-electron chi connectivity index (χ3n) is 6.17. The Hall–Kier alpha value is -2.51. The highest BCUT2D eigenvalue weighted by Gasteiger charge is 2.23. The second-order valence-electron chi connectivity index (χ2n) is 8.22. The number of carbonyl (C=O) groups is 1. The van der Waals surface area contributed by atoms with Crippen LogP contribution in [0.5, 0.6) is 0 Å². The van der Waals surface area contributed by atoms with Gasteiger partial charge in [0, 0.05) is 31.1 Å². The lowest BCUT2D eigenvalue weighted by molar-refractivity contribution is -0.132. The molecule has 1 aliphatic carbocycles. The number of aromatic nitrogens is 2. The maximum Gasteiger partial charge on any atom is 0.259 e. The van der Waals surface area contributed by atoms with E-state index in [1.54, 1.807) is 11.3 Å². The SMILES string of the molecule is O=C(Cc1ccccc1)N1CCN(Cc2nc3sc4c(c3c(=O)[nH]2)CCCC4)CC1. The van der Waals surface area contributed by atoms with Crippen molar-refractivity contribution in [1.82, 2.24) is 19.8 Å². The molecule has 2 aromatic heterocycles. The van der Waals surface area contributed by atoms with E-state index in [2.05, 4.69) is 9.88 Å². The molecule has 1 saturated heterocycles. The Kier molecular flexibility index (Phi) is 5.39. The van der Waals surface area contributed by atoms with Crippen molar-refractivity contribution in [3.05, 3.63) is 62.5 Å². The number of aryl methyl sites for hydroxylation is 2. The standard InChI is InChI=1S/C23H26N4O2S/c28-20(14-16-6-2-1-3-7-16)27-12-10-26(11-13-27)15-19-24-22(29)21-17-8-4-5-9-18(17)30-23(21)25-19/h1-3,6-7H,4-5,8-15H2,(H,24,25,29). The Bertz CT molecular complexity index is 1110. The van der Waals surface area contributed by atoms with Crippen molar-refractivity contribution in [3.8, 4) is 0 Å². The fourth-order valence-electron chi connectivity index (χ4n) is 4.53. The molecular formula is C23H26N4O2S. The minimum Gasteiger partial charge on any atom is -0.340 e. The predicted octanol–water partition coefficient (Wildman–Crippen LogP) is 2.75. The summed E-state index contributed by atoms with van der Waals surface area (Å²) in [4.78, 5) is 39.5. The van der Waals surface area contributed by atoms with Gasteiger partial charge < -0.3 is 9.88 Å². The van der Waals surface area contributed by atoms with Gasteiger partial charge in [0.2, 0.25) is 5.91 Å². The van der Waals surface area contributed by atoms with Gasteiger partial charge >= 0.3 is 0 Å². The van der Waals surface area contributed by atoms with Crippen LogP contribution in [-0.2, 0) is 30.6 Å². The quantitative estimate of drug-likeness (QED) is 0.702. The van der Waals surface area contributed by atoms with Crippen LogP contribution in [0.3, 0.4) is 0 Å². The minimum absolute atomic E-state index is 0.00562. The number of hydrogen-bond acceptors (Lipinski definition) is 5. The number of aromatic amines is 1. The summed E-state index contributed by atoms with van der Waals surface area (Å²) in [6.07, 6.45) is 4.89. The molecule has 1 N–H and O–H groups in total. The van der Waals surface area contributed by atoms with E-state index in [4.69, 9.17) is 4.98 Å². The van der Waals surface area contributed by atoms with Crippen LogP contribution < -0.4 is 5.56 Å². The highest BCUT2D eigenvalue weighted by Crippen LogP contribution is 2.33. The van der Waals surface area contributed by atoms with Crippen LogP contribution in [0.15, 0.2) is 35.1 Å². The zero-order valence-corrected chi connectivity index (χ0v) is 17.8. The summed E-state index contributed by atoms with van der Waals surface area (Å²) in [6.45, 7) is 3.64. The average molecular weight is 423 g/mol. The summed E-state index contributed by atoms with van der Waals surface area (Å²) in [6, 6.07) is 9.89. The summed E-state index contributed by atoms with van der Waals surface area (Å²) in [5.41, 5.74) is 2.29. The molecule has 0 spiro atoms. The number of carbonyl (C=O) groups excluding carboxylic acids is 1. The molecule has 3 aromatic rings. The zero-order valence-electron chi connectivity index (χ0n) is 17.0. The van der Waals surface area contributed by atoms with E-state index in [1.807, 2.05) is 35.2 Å². The number of H-pyrrole nitrogens is 1.